The molecule has 3 saturated heterocycles. The number of rotatable bonds is 4. The number of piperazine rings is 1. The predicted molar refractivity (Wildman–Crippen MR) is 118 cm³/mol. The van der Waals surface area contributed by atoms with Crippen molar-refractivity contribution in [2.75, 3.05) is 18.0 Å². The van der Waals surface area contributed by atoms with Gasteiger partial charge in [-0.15, -0.1) is 0 Å². The second-order valence-electron chi connectivity index (χ2n) is 8.22. The highest BCUT2D eigenvalue weighted by atomic mass is 35.5. The van der Waals surface area contributed by atoms with E-state index in [0.29, 0.717) is 29.2 Å². The van der Waals surface area contributed by atoms with E-state index in [-0.39, 0.29) is 5.82 Å². The summed E-state index contributed by atoms with van der Waals surface area (Å²) in [5.41, 5.74) is 3.37. The average molecular weight is 435 g/mol. The third-order valence-corrected chi connectivity index (χ3v) is 6.65. The van der Waals surface area contributed by atoms with Crippen LogP contribution in [0.1, 0.15) is 12.0 Å². The van der Waals surface area contributed by atoms with E-state index >= 15 is 0 Å². The third kappa shape index (κ3) is 3.25. The Labute approximate surface area is 183 Å². The first-order valence-corrected chi connectivity index (χ1v) is 10.7. The zero-order valence-electron chi connectivity index (χ0n) is 16.7. The van der Waals surface area contributed by atoms with E-state index in [0.717, 1.165) is 47.6 Å². The molecule has 8 heteroatoms. The molecule has 0 amide bonds. The third-order valence-electron chi connectivity index (χ3n) is 6.41. The zero-order valence-corrected chi connectivity index (χ0v) is 17.4. The Kier molecular flexibility index (Phi) is 4.40. The van der Waals surface area contributed by atoms with Crippen LogP contribution in [0.5, 0.6) is 0 Å². The molecule has 31 heavy (non-hydrogen) atoms. The molecule has 3 aliphatic heterocycles. The number of nitrogens with one attached hydrogen (secondary N) is 1. The molecule has 3 fully saturated rings. The van der Waals surface area contributed by atoms with Crippen LogP contribution in [0.25, 0.3) is 22.3 Å². The molecule has 7 rings (SSSR count). The normalized spacial score (nSPS) is 20.8. The number of aromatic nitrogens is 4. The van der Waals surface area contributed by atoms with Gasteiger partial charge in [0.15, 0.2) is 0 Å². The minimum atomic E-state index is -0.229. The van der Waals surface area contributed by atoms with Crippen molar-refractivity contribution < 1.29 is 4.39 Å². The highest BCUT2D eigenvalue weighted by molar-refractivity contribution is 6.30. The van der Waals surface area contributed by atoms with Crippen LogP contribution in [0.2, 0.25) is 5.02 Å². The molecule has 2 atom stereocenters. The van der Waals surface area contributed by atoms with Gasteiger partial charge in [-0.25, -0.2) is 19.3 Å². The lowest BCUT2D eigenvalue weighted by molar-refractivity contribution is -0.00945. The first-order chi connectivity index (χ1) is 15.2. The number of benzene rings is 1. The summed E-state index contributed by atoms with van der Waals surface area (Å²) in [5, 5.41) is 1.42. The van der Waals surface area contributed by atoms with E-state index in [1.54, 1.807) is 18.5 Å². The lowest BCUT2D eigenvalue weighted by Crippen LogP contribution is -2.68. The van der Waals surface area contributed by atoms with Gasteiger partial charge in [-0.2, -0.15) is 0 Å². The van der Waals surface area contributed by atoms with Crippen LogP contribution in [0, 0.1) is 5.82 Å². The van der Waals surface area contributed by atoms with Crippen molar-refractivity contribution in [3.05, 3.63) is 71.5 Å². The van der Waals surface area contributed by atoms with Crippen LogP contribution >= 0.6 is 11.6 Å². The number of pyridine rings is 1. The lowest BCUT2D eigenvalue weighted by Gasteiger charge is -2.56. The molecule has 0 radical (unpaired) electrons. The molecule has 6 nitrogen and oxygen atoms in total. The van der Waals surface area contributed by atoms with Gasteiger partial charge < -0.3 is 9.88 Å². The number of aromatic amines is 1. The number of fused-ring (bicyclic) bond motifs is 3. The first-order valence-electron chi connectivity index (χ1n) is 10.3. The molecule has 2 unspecified atom stereocenters. The Morgan fingerprint density at radius 1 is 1.06 bits per heavy atom. The Morgan fingerprint density at radius 2 is 1.94 bits per heavy atom. The van der Waals surface area contributed by atoms with Gasteiger partial charge in [0.2, 0.25) is 0 Å². The fourth-order valence-corrected chi connectivity index (χ4v) is 4.95. The molecule has 4 aromatic rings. The number of piperidine rings is 1. The van der Waals surface area contributed by atoms with Crippen molar-refractivity contribution in [1.29, 1.82) is 0 Å². The highest BCUT2D eigenvalue weighted by Crippen LogP contribution is 2.36. The van der Waals surface area contributed by atoms with Crippen molar-refractivity contribution in [1.82, 2.24) is 24.8 Å². The van der Waals surface area contributed by atoms with Crippen LogP contribution in [-0.4, -0.2) is 50.0 Å². The van der Waals surface area contributed by atoms with Crippen LogP contribution in [-0.2, 0) is 6.54 Å². The Morgan fingerprint density at radius 3 is 2.71 bits per heavy atom. The summed E-state index contributed by atoms with van der Waals surface area (Å²) in [4.78, 5) is 21.2. The molecule has 0 saturated carbocycles. The van der Waals surface area contributed by atoms with Crippen LogP contribution < -0.4 is 4.90 Å². The SMILES string of the molecule is Fc1cc(Cl)ccc1CN1C2CC1CN(c1ccc(-c3ncnc4[nH]ccc34)cn1)C2. The van der Waals surface area contributed by atoms with Gasteiger partial charge in [0.05, 0.1) is 5.69 Å². The minimum Gasteiger partial charge on any atom is -0.353 e. The molecular weight excluding hydrogens is 415 g/mol. The summed E-state index contributed by atoms with van der Waals surface area (Å²) in [6.07, 6.45) is 6.46. The van der Waals surface area contributed by atoms with Crippen LogP contribution in [0.4, 0.5) is 10.2 Å². The monoisotopic (exact) mass is 434 g/mol. The highest BCUT2D eigenvalue weighted by Gasteiger charge is 2.44. The minimum absolute atomic E-state index is 0.229. The summed E-state index contributed by atoms with van der Waals surface area (Å²) in [7, 11) is 0. The maximum Gasteiger partial charge on any atom is 0.141 e. The Balaban J connectivity index is 1.17. The van der Waals surface area contributed by atoms with Crippen molar-refractivity contribution in [2.45, 2.75) is 25.0 Å². The number of hydrogen-bond donors (Lipinski definition) is 1. The predicted octanol–water partition coefficient (Wildman–Crippen LogP) is 4.28. The standard InChI is InChI=1S/C23H20ClFN6/c24-16-3-1-15(20(25)7-16)10-31-17-8-18(31)12-30(11-17)21-4-2-14(9-27-21)22-19-5-6-26-23(19)29-13-28-22/h1-7,9,13,17-18H,8,10-12H2,(H,26,28,29). The van der Waals surface area contributed by atoms with Crippen LogP contribution in [0.3, 0.4) is 0 Å². The molecule has 3 aromatic heterocycles. The molecule has 6 heterocycles. The molecule has 156 valence electrons. The summed E-state index contributed by atoms with van der Waals surface area (Å²) in [6, 6.07) is 11.9. The van der Waals surface area contributed by atoms with Crippen molar-refractivity contribution in [3.63, 3.8) is 0 Å². The number of anilines is 1. The number of nitrogens with zero attached hydrogens (tertiary/aromatic N) is 5. The number of hydrogen-bond acceptors (Lipinski definition) is 5. The number of H-pyrrole nitrogens is 1. The molecular formula is C23H20ClFN6. The fourth-order valence-electron chi connectivity index (χ4n) is 4.79. The van der Waals surface area contributed by atoms with Gasteiger partial charge in [-0.1, -0.05) is 17.7 Å². The topological polar surface area (TPSA) is 60.9 Å². The largest absolute Gasteiger partial charge is 0.353 e. The molecule has 0 spiro atoms. The van der Waals surface area contributed by atoms with E-state index < -0.39 is 0 Å². The van der Waals surface area contributed by atoms with Gasteiger partial charge in [0.25, 0.3) is 0 Å². The first kappa shape index (κ1) is 18.7. The average Bonchev–Trinajstić information content (AvgIpc) is 3.28. The van der Waals surface area contributed by atoms with Crippen LogP contribution in [0.15, 0.2) is 55.1 Å². The fraction of sp³-hybridized carbons (Fsp3) is 0.261. The summed E-state index contributed by atoms with van der Waals surface area (Å²) in [5.74, 6) is 0.739. The zero-order chi connectivity index (χ0) is 20.9. The Hall–Kier alpha value is -3.03. The summed E-state index contributed by atoms with van der Waals surface area (Å²) >= 11 is 5.88. The van der Waals surface area contributed by atoms with E-state index in [1.807, 2.05) is 18.5 Å². The molecule has 2 bridgehead atoms. The quantitative estimate of drug-likeness (QED) is 0.519. The molecule has 3 aliphatic rings. The molecule has 1 N–H and O–H groups in total. The Bertz CT molecular complexity index is 1240. The molecule has 0 aliphatic carbocycles. The van der Waals surface area contributed by atoms with E-state index in [2.05, 4.69) is 36.9 Å². The maximum absolute atomic E-state index is 14.2. The van der Waals surface area contributed by atoms with E-state index in [4.69, 9.17) is 16.6 Å². The molecule has 1 aromatic carbocycles. The van der Waals surface area contributed by atoms with Crippen molar-refractivity contribution in [2.24, 2.45) is 0 Å². The van der Waals surface area contributed by atoms with Crippen molar-refractivity contribution >= 4 is 28.5 Å². The van der Waals surface area contributed by atoms with E-state index in [1.165, 1.54) is 6.07 Å². The van der Waals surface area contributed by atoms with Crippen molar-refractivity contribution in [3.8, 4) is 11.3 Å². The smallest absolute Gasteiger partial charge is 0.141 e. The second kappa shape index (κ2) is 7.28. The van der Waals surface area contributed by atoms with Gasteiger partial charge in [-0.05, 0) is 36.8 Å². The van der Waals surface area contributed by atoms with Gasteiger partial charge >= 0.3 is 0 Å². The van der Waals surface area contributed by atoms with Gasteiger partial charge in [-0.3, -0.25) is 4.90 Å². The lowest BCUT2D eigenvalue weighted by atomic mass is 9.86. The summed E-state index contributed by atoms with van der Waals surface area (Å²) < 4.78 is 14.2. The van der Waals surface area contributed by atoms with E-state index in [9.17, 15) is 4.39 Å². The summed E-state index contributed by atoms with van der Waals surface area (Å²) in [6.45, 7) is 2.42. The maximum atomic E-state index is 14.2. The second-order valence-corrected chi connectivity index (χ2v) is 8.66. The van der Waals surface area contributed by atoms with Gasteiger partial charge in [0, 0.05) is 65.6 Å². The number of halogens is 2. The van der Waals surface area contributed by atoms with Gasteiger partial charge in [0.1, 0.15) is 23.6 Å².